The molecule has 1 aliphatic carbocycles. The summed E-state index contributed by atoms with van der Waals surface area (Å²) in [4.78, 5) is 36.1. The molecule has 2 aromatic carbocycles. The van der Waals surface area contributed by atoms with Crippen LogP contribution < -0.4 is 15.4 Å². The third kappa shape index (κ3) is 6.79. The number of rotatable bonds is 8. The molecule has 1 saturated carbocycles. The average Bonchev–Trinajstić information content (AvgIpc) is 3.30. The molecule has 37 heavy (non-hydrogen) atoms. The second kappa shape index (κ2) is 11.2. The third-order valence-corrected chi connectivity index (χ3v) is 7.32. The summed E-state index contributed by atoms with van der Waals surface area (Å²) in [5.74, 6) is -1.23. The molecule has 2 amide bonds. The molecular weight excluding hydrogens is 509 g/mol. The van der Waals surface area contributed by atoms with Crippen LogP contribution in [0.2, 0.25) is 0 Å². The molecule has 1 aliphatic rings. The summed E-state index contributed by atoms with van der Waals surface area (Å²) in [7, 11) is 0. The van der Waals surface area contributed by atoms with Crippen molar-refractivity contribution in [2.75, 3.05) is 13.1 Å². The van der Waals surface area contributed by atoms with Crippen LogP contribution in [0.15, 0.2) is 48.5 Å². The number of amides is 2. The van der Waals surface area contributed by atoms with Gasteiger partial charge in [0.15, 0.2) is 0 Å². The molecule has 4 rings (SSSR count). The minimum Gasteiger partial charge on any atom is -0.490 e. The molecule has 1 fully saturated rings. The van der Waals surface area contributed by atoms with E-state index in [4.69, 9.17) is 9.84 Å². The van der Waals surface area contributed by atoms with Crippen molar-refractivity contribution in [3.05, 3.63) is 64.5 Å². The minimum atomic E-state index is -4.45. The first-order valence-electron chi connectivity index (χ1n) is 11.8. The van der Waals surface area contributed by atoms with Crippen LogP contribution in [0, 0.1) is 5.92 Å². The molecule has 0 bridgehead atoms. The van der Waals surface area contributed by atoms with Gasteiger partial charge >= 0.3 is 12.1 Å². The number of fused-ring (bicyclic) bond motifs is 1. The SMILES string of the molecule is O=C(NCCNC(=O)c1cc2cc(C(F)(F)F)ccc2s1)c1ccc(O[C@H]2CC[C@@H](C(=O)O)CC2)cc1. The number of carboxylic acids is 1. The van der Waals surface area contributed by atoms with E-state index in [9.17, 15) is 27.6 Å². The Hall–Kier alpha value is -3.60. The summed E-state index contributed by atoms with van der Waals surface area (Å²) >= 11 is 1.10. The van der Waals surface area contributed by atoms with E-state index in [0.717, 1.165) is 23.5 Å². The van der Waals surface area contributed by atoms with Gasteiger partial charge in [-0.2, -0.15) is 13.2 Å². The fraction of sp³-hybridized carbons (Fsp3) is 0.346. The number of ether oxygens (including phenoxy) is 1. The van der Waals surface area contributed by atoms with E-state index < -0.39 is 23.6 Å². The Morgan fingerprint density at radius 2 is 1.57 bits per heavy atom. The zero-order valence-electron chi connectivity index (χ0n) is 19.6. The number of thiophene rings is 1. The number of hydrogen-bond acceptors (Lipinski definition) is 5. The standard InChI is InChI=1S/C26H25F3N2O5S/c27-26(28,29)18-5-10-21-17(13-18)14-22(37-21)24(33)31-12-11-30-23(32)15-1-6-19(7-2-15)36-20-8-3-16(4-9-20)25(34)35/h1-2,5-7,10,13-14,16,20H,3-4,8-9,11-12H2,(H,30,32)(H,31,33)(H,34,35)/t16-,20+. The molecule has 3 aromatic rings. The molecule has 0 unspecified atom stereocenters. The maximum absolute atomic E-state index is 12.9. The second-order valence-corrected chi connectivity index (χ2v) is 9.91. The number of carbonyl (C=O) groups excluding carboxylic acids is 2. The lowest BCUT2D eigenvalue weighted by atomic mass is 9.87. The topological polar surface area (TPSA) is 105 Å². The summed E-state index contributed by atoms with van der Waals surface area (Å²) in [6.07, 6.45) is -2.00. The van der Waals surface area contributed by atoms with Crippen molar-refractivity contribution in [1.82, 2.24) is 10.6 Å². The zero-order valence-corrected chi connectivity index (χ0v) is 20.5. The van der Waals surface area contributed by atoms with Crippen molar-refractivity contribution in [2.45, 2.75) is 38.0 Å². The van der Waals surface area contributed by atoms with Crippen molar-refractivity contribution in [3.63, 3.8) is 0 Å². The van der Waals surface area contributed by atoms with Crippen molar-refractivity contribution in [3.8, 4) is 5.75 Å². The largest absolute Gasteiger partial charge is 0.490 e. The van der Waals surface area contributed by atoms with Gasteiger partial charge in [0.25, 0.3) is 11.8 Å². The Balaban J connectivity index is 1.21. The van der Waals surface area contributed by atoms with Gasteiger partial charge in [-0.05, 0) is 79.6 Å². The summed E-state index contributed by atoms with van der Waals surface area (Å²) in [6, 6.07) is 11.4. The Kier molecular flexibility index (Phi) is 8.01. The highest BCUT2D eigenvalue weighted by Crippen LogP contribution is 2.34. The predicted molar refractivity (Wildman–Crippen MR) is 132 cm³/mol. The van der Waals surface area contributed by atoms with Crippen LogP contribution in [0.3, 0.4) is 0 Å². The Morgan fingerprint density at radius 1 is 0.919 bits per heavy atom. The normalized spacial score (nSPS) is 17.8. The van der Waals surface area contributed by atoms with Gasteiger partial charge in [-0.25, -0.2) is 0 Å². The first-order valence-corrected chi connectivity index (χ1v) is 12.6. The van der Waals surface area contributed by atoms with E-state index in [1.807, 2.05) is 0 Å². The molecule has 0 aliphatic heterocycles. The molecule has 0 saturated heterocycles. The minimum absolute atomic E-state index is 0.0495. The predicted octanol–water partition coefficient (Wildman–Crippen LogP) is 5.10. The molecule has 7 nitrogen and oxygen atoms in total. The van der Waals surface area contributed by atoms with Crippen molar-refractivity contribution in [1.29, 1.82) is 0 Å². The second-order valence-electron chi connectivity index (χ2n) is 8.83. The molecule has 0 radical (unpaired) electrons. The van der Waals surface area contributed by atoms with E-state index in [2.05, 4.69) is 10.6 Å². The van der Waals surface area contributed by atoms with Crippen LogP contribution in [0.25, 0.3) is 10.1 Å². The van der Waals surface area contributed by atoms with Gasteiger partial charge in [0.1, 0.15) is 5.75 Å². The van der Waals surface area contributed by atoms with E-state index >= 15 is 0 Å². The Labute approximate surface area is 214 Å². The summed E-state index contributed by atoms with van der Waals surface area (Å²) in [5.41, 5.74) is -0.354. The average molecular weight is 535 g/mol. The van der Waals surface area contributed by atoms with Crippen LogP contribution in [0.4, 0.5) is 13.2 Å². The highest BCUT2D eigenvalue weighted by Gasteiger charge is 2.30. The maximum atomic E-state index is 12.9. The molecule has 0 spiro atoms. The lowest BCUT2D eigenvalue weighted by molar-refractivity contribution is -0.143. The van der Waals surface area contributed by atoms with Gasteiger partial charge in [-0.15, -0.1) is 11.3 Å². The molecule has 3 N–H and O–H groups in total. The highest BCUT2D eigenvalue weighted by atomic mass is 32.1. The maximum Gasteiger partial charge on any atom is 0.416 e. The summed E-state index contributed by atoms with van der Waals surface area (Å²) in [5, 5.41) is 14.8. The van der Waals surface area contributed by atoms with Crippen LogP contribution in [-0.2, 0) is 11.0 Å². The monoisotopic (exact) mass is 534 g/mol. The summed E-state index contributed by atoms with van der Waals surface area (Å²) in [6.45, 7) is 0.311. The number of nitrogens with one attached hydrogen (secondary N) is 2. The van der Waals surface area contributed by atoms with Gasteiger partial charge in [0, 0.05) is 23.4 Å². The number of aliphatic carboxylic acids is 1. The van der Waals surface area contributed by atoms with Gasteiger partial charge in [-0.3, -0.25) is 14.4 Å². The first-order chi connectivity index (χ1) is 17.6. The number of carboxylic acid groups (broad SMARTS) is 1. The molecule has 0 atom stereocenters. The quantitative estimate of drug-likeness (QED) is 0.349. The number of hydrogen-bond donors (Lipinski definition) is 3. The lowest BCUT2D eigenvalue weighted by Gasteiger charge is -2.26. The fourth-order valence-electron chi connectivity index (χ4n) is 4.18. The van der Waals surface area contributed by atoms with Gasteiger partial charge in [-0.1, -0.05) is 0 Å². The number of benzene rings is 2. The molecule has 1 heterocycles. The zero-order chi connectivity index (χ0) is 26.6. The molecular formula is C26H25F3N2O5S. The molecule has 196 valence electrons. The van der Waals surface area contributed by atoms with E-state index in [1.165, 1.54) is 12.1 Å². The van der Waals surface area contributed by atoms with Crippen molar-refractivity contribution < 1.29 is 37.4 Å². The van der Waals surface area contributed by atoms with Crippen LogP contribution >= 0.6 is 11.3 Å². The van der Waals surface area contributed by atoms with Gasteiger partial charge in [0.05, 0.1) is 22.5 Å². The van der Waals surface area contributed by atoms with E-state index in [0.29, 0.717) is 47.1 Å². The van der Waals surface area contributed by atoms with Crippen LogP contribution in [-0.4, -0.2) is 42.1 Å². The molecule has 1 aromatic heterocycles. The van der Waals surface area contributed by atoms with Crippen LogP contribution in [0.1, 0.15) is 51.3 Å². The third-order valence-electron chi connectivity index (χ3n) is 6.21. The highest BCUT2D eigenvalue weighted by molar-refractivity contribution is 7.20. The molecule has 11 heteroatoms. The fourth-order valence-corrected chi connectivity index (χ4v) is 5.14. The summed E-state index contributed by atoms with van der Waals surface area (Å²) < 4.78 is 45.2. The van der Waals surface area contributed by atoms with Crippen LogP contribution in [0.5, 0.6) is 5.75 Å². The number of alkyl halides is 3. The number of halogens is 3. The van der Waals surface area contributed by atoms with Crippen molar-refractivity contribution in [2.24, 2.45) is 5.92 Å². The van der Waals surface area contributed by atoms with Gasteiger partial charge in [0.2, 0.25) is 0 Å². The lowest BCUT2D eigenvalue weighted by Crippen LogP contribution is -2.34. The Bertz CT molecular complexity index is 1280. The van der Waals surface area contributed by atoms with Gasteiger partial charge < -0.3 is 20.5 Å². The van der Waals surface area contributed by atoms with Crippen molar-refractivity contribution >= 4 is 39.2 Å². The van der Waals surface area contributed by atoms with E-state index in [-0.39, 0.29) is 35.9 Å². The number of carbonyl (C=O) groups is 3. The Morgan fingerprint density at radius 3 is 2.19 bits per heavy atom. The first kappa shape index (κ1) is 26.5. The van der Waals surface area contributed by atoms with E-state index in [1.54, 1.807) is 24.3 Å². The smallest absolute Gasteiger partial charge is 0.416 e.